The topological polar surface area (TPSA) is 66.0 Å². The van der Waals surface area contributed by atoms with Crippen LogP contribution in [0.2, 0.25) is 0 Å². The van der Waals surface area contributed by atoms with Crippen molar-refractivity contribution in [3.63, 3.8) is 0 Å². The zero-order valence-corrected chi connectivity index (χ0v) is 17.5. The summed E-state index contributed by atoms with van der Waals surface area (Å²) in [5.41, 5.74) is -0.449. The SMILES string of the molecule is CCCN=C(NCC)NCCN(C(=O)OC(C)(C)C)C1CC1.I. The zero-order valence-electron chi connectivity index (χ0n) is 15.1. The highest BCUT2D eigenvalue weighted by atomic mass is 127. The van der Waals surface area contributed by atoms with Gasteiger partial charge in [0.1, 0.15) is 5.60 Å². The van der Waals surface area contributed by atoms with Gasteiger partial charge in [-0.25, -0.2) is 4.79 Å². The lowest BCUT2D eigenvalue weighted by Crippen LogP contribution is -2.45. The maximum Gasteiger partial charge on any atom is 0.410 e. The summed E-state index contributed by atoms with van der Waals surface area (Å²) in [6.45, 7) is 12.8. The van der Waals surface area contributed by atoms with E-state index in [1.165, 1.54) is 0 Å². The third-order valence-electron chi connectivity index (χ3n) is 3.10. The van der Waals surface area contributed by atoms with Gasteiger partial charge in [-0.2, -0.15) is 0 Å². The van der Waals surface area contributed by atoms with Crippen molar-refractivity contribution in [3.05, 3.63) is 0 Å². The maximum atomic E-state index is 12.2. The summed E-state index contributed by atoms with van der Waals surface area (Å²) in [7, 11) is 0. The van der Waals surface area contributed by atoms with E-state index in [1.54, 1.807) is 0 Å². The number of rotatable bonds is 7. The Morgan fingerprint density at radius 2 is 1.91 bits per heavy atom. The summed E-state index contributed by atoms with van der Waals surface area (Å²) < 4.78 is 5.48. The van der Waals surface area contributed by atoms with Gasteiger partial charge in [0, 0.05) is 32.2 Å². The highest BCUT2D eigenvalue weighted by Gasteiger charge is 2.34. The minimum absolute atomic E-state index is 0. The molecule has 0 heterocycles. The maximum absolute atomic E-state index is 12.2. The van der Waals surface area contributed by atoms with Gasteiger partial charge in [-0.3, -0.25) is 4.99 Å². The Balaban J connectivity index is 0.00000484. The molecule has 0 saturated heterocycles. The molecule has 0 aromatic heterocycles. The minimum atomic E-state index is -0.449. The average molecular weight is 440 g/mol. The molecular weight excluding hydrogens is 407 g/mol. The summed E-state index contributed by atoms with van der Waals surface area (Å²) in [5.74, 6) is 0.810. The Labute approximate surface area is 157 Å². The second-order valence-electron chi connectivity index (χ2n) is 6.59. The first kappa shape index (κ1) is 22.3. The molecule has 1 amide bonds. The predicted octanol–water partition coefficient (Wildman–Crippen LogP) is 2.97. The van der Waals surface area contributed by atoms with E-state index in [4.69, 9.17) is 4.74 Å². The number of carbonyl (C=O) groups is 1. The molecule has 0 aliphatic heterocycles. The standard InChI is InChI=1S/C16H32N4O2.HI/c1-6-10-18-14(17-7-2)19-11-12-20(13-8-9-13)15(21)22-16(3,4)5;/h13H,6-12H2,1-5H3,(H2,17,18,19);1H. The van der Waals surface area contributed by atoms with Crippen LogP contribution in [-0.4, -0.2) is 54.8 Å². The van der Waals surface area contributed by atoms with Gasteiger partial charge in [-0.05, 0) is 47.0 Å². The molecule has 0 spiro atoms. The van der Waals surface area contributed by atoms with Crippen LogP contribution in [0.3, 0.4) is 0 Å². The predicted molar refractivity (Wildman–Crippen MR) is 106 cm³/mol. The Hall–Kier alpha value is -0.730. The van der Waals surface area contributed by atoms with Crippen LogP contribution >= 0.6 is 24.0 Å². The van der Waals surface area contributed by atoms with Crippen LogP contribution in [0.25, 0.3) is 0 Å². The molecule has 136 valence electrons. The molecule has 0 bridgehead atoms. The van der Waals surface area contributed by atoms with E-state index < -0.39 is 5.60 Å². The largest absolute Gasteiger partial charge is 0.444 e. The van der Waals surface area contributed by atoms with Gasteiger partial charge < -0.3 is 20.3 Å². The Bertz CT molecular complexity index is 379. The summed E-state index contributed by atoms with van der Waals surface area (Å²) in [5, 5.41) is 6.48. The van der Waals surface area contributed by atoms with Crippen molar-refractivity contribution in [2.75, 3.05) is 26.2 Å². The molecule has 0 aromatic rings. The molecule has 7 heteroatoms. The molecule has 2 N–H and O–H groups in total. The number of nitrogens with one attached hydrogen (secondary N) is 2. The molecule has 0 aromatic carbocycles. The van der Waals surface area contributed by atoms with Crippen molar-refractivity contribution in [2.45, 2.75) is 65.5 Å². The molecule has 1 rings (SSSR count). The minimum Gasteiger partial charge on any atom is -0.444 e. The number of aliphatic imine (C=N–C) groups is 1. The number of halogens is 1. The number of carbonyl (C=O) groups excluding carboxylic acids is 1. The van der Waals surface area contributed by atoms with Crippen molar-refractivity contribution in [1.82, 2.24) is 15.5 Å². The molecule has 1 aliphatic rings. The average Bonchev–Trinajstić information content (AvgIpc) is 3.23. The van der Waals surface area contributed by atoms with E-state index >= 15 is 0 Å². The lowest BCUT2D eigenvalue weighted by Gasteiger charge is -2.27. The lowest BCUT2D eigenvalue weighted by atomic mass is 10.2. The molecular formula is C16H33IN4O2. The fourth-order valence-corrected chi connectivity index (χ4v) is 1.99. The summed E-state index contributed by atoms with van der Waals surface area (Å²) in [6.07, 6.45) is 2.95. The first-order valence-electron chi connectivity index (χ1n) is 8.39. The number of nitrogens with zero attached hydrogens (tertiary/aromatic N) is 2. The molecule has 0 atom stereocenters. The van der Waals surface area contributed by atoms with Gasteiger partial charge in [0.05, 0.1) is 0 Å². The number of hydrogen-bond donors (Lipinski definition) is 2. The Kier molecular flexibility index (Phi) is 10.6. The highest BCUT2D eigenvalue weighted by Crippen LogP contribution is 2.27. The van der Waals surface area contributed by atoms with Crippen molar-refractivity contribution in [3.8, 4) is 0 Å². The molecule has 6 nitrogen and oxygen atoms in total. The fraction of sp³-hybridized carbons (Fsp3) is 0.875. The number of ether oxygens (including phenoxy) is 1. The van der Waals surface area contributed by atoms with E-state index in [2.05, 4.69) is 22.5 Å². The fourth-order valence-electron chi connectivity index (χ4n) is 1.99. The molecule has 0 unspecified atom stereocenters. The number of guanidine groups is 1. The van der Waals surface area contributed by atoms with Crippen molar-refractivity contribution in [1.29, 1.82) is 0 Å². The highest BCUT2D eigenvalue weighted by molar-refractivity contribution is 14.0. The van der Waals surface area contributed by atoms with E-state index in [9.17, 15) is 4.79 Å². The van der Waals surface area contributed by atoms with Crippen molar-refractivity contribution in [2.24, 2.45) is 4.99 Å². The molecule has 0 radical (unpaired) electrons. The number of amides is 1. The van der Waals surface area contributed by atoms with Crippen molar-refractivity contribution < 1.29 is 9.53 Å². The smallest absolute Gasteiger partial charge is 0.410 e. The lowest BCUT2D eigenvalue weighted by molar-refractivity contribution is 0.0238. The van der Waals surface area contributed by atoms with Gasteiger partial charge in [-0.15, -0.1) is 24.0 Å². The van der Waals surface area contributed by atoms with Crippen LogP contribution in [0.1, 0.15) is 53.9 Å². The van der Waals surface area contributed by atoms with Crippen LogP contribution < -0.4 is 10.6 Å². The summed E-state index contributed by atoms with van der Waals surface area (Å²) in [4.78, 5) is 18.5. The third kappa shape index (κ3) is 9.88. The zero-order chi connectivity index (χ0) is 16.6. The quantitative estimate of drug-likeness (QED) is 0.363. The molecule has 1 fully saturated rings. The molecule has 1 saturated carbocycles. The second-order valence-corrected chi connectivity index (χ2v) is 6.59. The van der Waals surface area contributed by atoms with Gasteiger partial charge in [0.25, 0.3) is 0 Å². The van der Waals surface area contributed by atoms with E-state index in [0.717, 1.165) is 38.3 Å². The molecule has 1 aliphatic carbocycles. The van der Waals surface area contributed by atoms with Crippen LogP contribution in [0.4, 0.5) is 4.79 Å². The van der Waals surface area contributed by atoms with Gasteiger partial charge in [0.2, 0.25) is 0 Å². The summed E-state index contributed by atoms with van der Waals surface area (Å²) >= 11 is 0. The van der Waals surface area contributed by atoms with Gasteiger partial charge >= 0.3 is 6.09 Å². The first-order chi connectivity index (χ1) is 10.4. The normalized spacial score (nSPS) is 14.7. The van der Waals surface area contributed by atoms with Crippen LogP contribution in [0, 0.1) is 0 Å². The summed E-state index contributed by atoms with van der Waals surface area (Å²) in [6, 6.07) is 0.340. The second kappa shape index (κ2) is 10.9. The van der Waals surface area contributed by atoms with Crippen molar-refractivity contribution >= 4 is 36.0 Å². The van der Waals surface area contributed by atoms with E-state index in [0.29, 0.717) is 19.1 Å². The van der Waals surface area contributed by atoms with Crippen LogP contribution in [-0.2, 0) is 4.74 Å². The monoisotopic (exact) mass is 440 g/mol. The Morgan fingerprint density at radius 3 is 2.39 bits per heavy atom. The molecule has 23 heavy (non-hydrogen) atoms. The Morgan fingerprint density at radius 1 is 1.26 bits per heavy atom. The van der Waals surface area contributed by atoms with Gasteiger partial charge in [0.15, 0.2) is 5.96 Å². The van der Waals surface area contributed by atoms with Crippen LogP contribution in [0.15, 0.2) is 4.99 Å². The number of hydrogen-bond acceptors (Lipinski definition) is 3. The van der Waals surface area contributed by atoms with E-state index in [-0.39, 0.29) is 30.1 Å². The third-order valence-corrected chi connectivity index (χ3v) is 3.10. The van der Waals surface area contributed by atoms with E-state index in [1.807, 2.05) is 32.6 Å². The first-order valence-corrected chi connectivity index (χ1v) is 8.39. The van der Waals surface area contributed by atoms with Crippen LogP contribution in [0.5, 0.6) is 0 Å². The van der Waals surface area contributed by atoms with Gasteiger partial charge in [-0.1, -0.05) is 6.92 Å².